The Morgan fingerprint density at radius 2 is 0.889 bits per heavy atom. The number of rotatable bonds is 2. The summed E-state index contributed by atoms with van der Waals surface area (Å²) < 4.78 is 0. The third kappa shape index (κ3) is 5.22. The Balaban J connectivity index is 0.000000180. The summed E-state index contributed by atoms with van der Waals surface area (Å²) in [6.45, 7) is 7.24. The molecule has 0 saturated carbocycles. The van der Waals surface area contributed by atoms with Crippen LogP contribution in [0.2, 0.25) is 10.0 Å². The Morgan fingerprint density at radius 1 is 0.611 bits per heavy atom. The lowest BCUT2D eigenvalue weighted by Crippen LogP contribution is -1.67. The van der Waals surface area contributed by atoms with Crippen LogP contribution in [0.4, 0.5) is 0 Å². The molecule has 18 heavy (non-hydrogen) atoms. The first kappa shape index (κ1) is 14.6. The van der Waals surface area contributed by atoms with Crippen molar-refractivity contribution in [3.8, 4) is 0 Å². The third-order valence-corrected chi connectivity index (χ3v) is 2.72. The summed E-state index contributed by atoms with van der Waals surface area (Å²) in [5, 5.41) is 1.53. The van der Waals surface area contributed by atoms with Crippen LogP contribution in [0.25, 0.3) is 12.2 Å². The molecule has 0 N–H and O–H groups in total. The molecule has 0 radical (unpaired) electrons. The summed E-state index contributed by atoms with van der Waals surface area (Å²) in [6.07, 6.45) is 3.58. The van der Waals surface area contributed by atoms with Gasteiger partial charge in [0, 0.05) is 10.0 Å². The van der Waals surface area contributed by atoms with E-state index in [2.05, 4.69) is 13.2 Å². The molecule has 0 amide bonds. The van der Waals surface area contributed by atoms with Gasteiger partial charge in [0.15, 0.2) is 0 Å². The second kappa shape index (κ2) is 7.75. The average molecular weight is 277 g/mol. The first-order valence-electron chi connectivity index (χ1n) is 5.41. The van der Waals surface area contributed by atoms with E-state index < -0.39 is 0 Å². The molecular formula is C16H14Cl2. The Labute approximate surface area is 118 Å². The molecule has 2 aromatic carbocycles. The normalized spacial score (nSPS) is 9.00. The average Bonchev–Trinajstić information content (AvgIpc) is 2.41. The highest BCUT2D eigenvalue weighted by Gasteiger charge is 1.84. The number of benzene rings is 2. The van der Waals surface area contributed by atoms with Gasteiger partial charge in [0.2, 0.25) is 0 Å². The molecule has 0 saturated heterocycles. The van der Waals surface area contributed by atoms with Crippen LogP contribution in [0.1, 0.15) is 11.1 Å². The molecular weight excluding hydrogens is 263 g/mol. The third-order valence-electron chi connectivity index (χ3n) is 2.21. The molecule has 2 heteroatoms. The van der Waals surface area contributed by atoms with Crippen molar-refractivity contribution >= 4 is 35.4 Å². The molecule has 0 heterocycles. The van der Waals surface area contributed by atoms with Crippen LogP contribution in [0, 0.1) is 0 Å². The molecule has 0 nitrogen and oxygen atoms in total. The number of hydrogen-bond acceptors (Lipinski definition) is 0. The van der Waals surface area contributed by atoms with Gasteiger partial charge in [-0.3, -0.25) is 0 Å². The second-order valence-electron chi connectivity index (χ2n) is 3.51. The lowest BCUT2D eigenvalue weighted by molar-refractivity contribution is 1.66. The maximum Gasteiger partial charge on any atom is 0.0406 e. The molecule has 0 aliphatic carbocycles. The summed E-state index contributed by atoms with van der Waals surface area (Å²) in [6, 6.07) is 15.1. The Bertz CT molecular complexity index is 446. The Hall–Kier alpha value is -1.50. The van der Waals surface area contributed by atoms with Crippen LogP contribution >= 0.6 is 23.2 Å². The fourth-order valence-corrected chi connectivity index (χ4v) is 1.45. The van der Waals surface area contributed by atoms with Crippen molar-refractivity contribution in [2.75, 3.05) is 0 Å². The van der Waals surface area contributed by atoms with Gasteiger partial charge >= 0.3 is 0 Å². The van der Waals surface area contributed by atoms with Gasteiger partial charge < -0.3 is 0 Å². The van der Waals surface area contributed by atoms with E-state index in [9.17, 15) is 0 Å². The molecule has 0 aliphatic heterocycles. The maximum absolute atomic E-state index is 5.63. The molecule has 0 bridgehead atoms. The minimum Gasteiger partial charge on any atom is -0.0985 e. The minimum atomic E-state index is 0.764. The van der Waals surface area contributed by atoms with Crippen molar-refractivity contribution in [2.45, 2.75) is 0 Å². The molecule has 2 aromatic rings. The molecule has 92 valence electrons. The van der Waals surface area contributed by atoms with Gasteiger partial charge in [0.1, 0.15) is 0 Å². The van der Waals surface area contributed by atoms with E-state index in [1.54, 1.807) is 12.2 Å². The van der Waals surface area contributed by atoms with Crippen LogP contribution in [-0.2, 0) is 0 Å². The van der Waals surface area contributed by atoms with Crippen molar-refractivity contribution in [3.05, 3.63) is 82.9 Å². The van der Waals surface area contributed by atoms with Crippen LogP contribution in [0.15, 0.2) is 61.7 Å². The highest BCUT2D eigenvalue weighted by molar-refractivity contribution is 6.30. The number of halogens is 2. The molecule has 0 fully saturated rings. The Morgan fingerprint density at radius 3 is 1.11 bits per heavy atom. The summed E-state index contributed by atoms with van der Waals surface area (Å²) in [4.78, 5) is 0. The van der Waals surface area contributed by atoms with Gasteiger partial charge in [-0.25, -0.2) is 0 Å². The highest BCUT2D eigenvalue weighted by atomic mass is 35.5. The van der Waals surface area contributed by atoms with Crippen LogP contribution in [0.5, 0.6) is 0 Å². The lowest BCUT2D eigenvalue weighted by Gasteiger charge is -1.89. The summed E-state index contributed by atoms with van der Waals surface area (Å²) in [5.74, 6) is 0. The molecule has 0 spiro atoms. The summed E-state index contributed by atoms with van der Waals surface area (Å²) in [7, 11) is 0. The zero-order chi connectivity index (χ0) is 13.4. The zero-order valence-electron chi connectivity index (χ0n) is 9.94. The fourth-order valence-electron chi connectivity index (χ4n) is 1.20. The molecule has 0 aliphatic rings. The highest BCUT2D eigenvalue weighted by Crippen LogP contribution is 2.10. The van der Waals surface area contributed by atoms with Gasteiger partial charge in [-0.2, -0.15) is 0 Å². The first-order valence-corrected chi connectivity index (χ1v) is 6.17. The Kier molecular flexibility index (Phi) is 6.27. The van der Waals surface area contributed by atoms with Gasteiger partial charge in [0.05, 0.1) is 0 Å². The smallest absolute Gasteiger partial charge is 0.0406 e. The summed E-state index contributed by atoms with van der Waals surface area (Å²) in [5.41, 5.74) is 2.19. The fraction of sp³-hybridized carbons (Fsp3) is 0. The predicted octanol–water partition coefficient (Wildman–Crippen LogP) is 5.97. The van der Waals surface area contributed by atoms with Crippen molar-refractivity contribution in [2.24, 2.45) is 0 Å². The SMILES string of the molecule is C=Cc1ccc(Cl)cc1.C=Cc1ccc(Cl)cc1. The van der Waals surface area contributed by atoms with Crippen molar-refractivity contribution in [1.29, 1.82) is 0 Å². The van der Waals surface area contributed by atoms with Crippen molar-refractivity contribution < 1.29 is 0 Å². The molecule has 2 rings (SSSR count). The van der Waals surface area contributed by atoms with Gasteiger partial charge in [-0.1, -0.05) is 72.8 Å². The predicted molar refractivity (Wildman–Crippen MR) is 83.1 cm³/mol. The van der Waals surface area contributed by atoms with E-state index in [-0.39, 0.29) is 0 Å². The minimum absolute atomic E-state index is 0.764. The zero-order valence-corrected chi connectivity index (χ0v) is 11.5. The van der Waals surface area contributed by atoms with Crippen LogP contribution < -0.4 is 0 Å². The van der Waals surface area contributed by atoms with E-state index in [0.717, 1.165) is 21.2 Å². The number of hydrogen-bond donors (Lipinski definition) is 0. The van der Waals surface area contributed by atoms with Gasteiger partial charge in [0.25, 0.3) is 0 Å². The maximum atomic E-state index is 5.63. The standard InChI is InChI=1S/2C8H7Cl/c2*1-2-7-3-5-8(9)6-4-7/h2*2-6H,1H2. The van der Waals surface area contributed by atoms with E-state index in [1.807, 2.05) is 48.5 Å². The van der Waals surface area contributed by atoms with Crippen molar-refractivity contribution in [3.63, 3.8) is 0 Å². The largest absolute Gasteiger partial charge is 0.0985 e. The first-order chi connectivity index (χ1) is 8.65. The molecule has 0 aromatic heterocycles. The second-order valence-corrected chi connectivity index (χ2v) is 4.38. The van der Waals surface area contributed by atoms with Crippen LogP contribution in [0.3, 0.4) is 0 Å². The van der Waals surface area contributed by atoms with E-state index >= 15 is 0 Å². The van der Waals surface area contributed by atoms with E-state index in [4.69, 9.17) is 23.2 Å². The van der Waals surface area contributed by atoms with Crippen LogP contribution in [-0.4, -0.2) is 0 Å². The summed E-state index contributed by atoms with van der Waals surface area (Å²) >= 11 is 11.3. The topological polar surface area (TPSA) is 0 Å². The van der Waals surface area contributed by atoms with Crippen molar-refractivity contribution in [1.82, 2.24) is 0 Å². The lowest BCUT2D eigenvalue weighted by atomic mass is 10.2. The monoisotopic (exact) mass is 276 g/mol. The van der Waals surface area contributed by atoms with E-state index in [1.165, 1.54) is 0 Å². The quantitative estimate of drug-likeness (QED) is 0.634. The van der Waals surface area contributed by atoms with E-state index in [0.29, 0.717) is 0 Å². The van der Waals surface area contributed by atoms with Gasteiger partial charge in [-0.15, -0.1) is 0 Å². The van der Waals surface area contributed by atoms with Gasteiger partial charge in [-0.05, 0) is 35.4 Å². The molecule has 0 unspecified atom stereocenters. The molecule has 0 atom stereocenters.